The summed E-state index contributed by atoms with van der Waals surface area (Å²) >= 11 is 0. The van der Waals surface area contributed by atoms with Crippen LogP contribution in [0.4, 0.5) is 0 Å². The average Bonchev–Trinajstić information content (AvgIpc) is 3.02. The highest BCUT2D eigenvalue weighted by Gasteiger charge is 2.32. The molecule has 2 aromatic rings. The molecule has 1 aliphatic heterocycles. The summed E-state index contributed by atoms with van der Waals surface area (Å²) in [6.45, 7) is 7.38. The number of amides is 1. The Balaban J connectivity index is 1.68. The second kappa shape index (κ2) is 18.8. The first-order valence-corrected chi connectivity index (χ1v) is 15.6. The van der Waals surface area contributed by atoms with Crippen LogP contribution < -0.4 is 5.32 Å². The van der Waals surface area contributed by atoms with E-state index in [0.717, 1.165) is 11.1 Å². The van der Waals surface area contributed by atoms with Crippen LogP contribution in [0, 0.1) is 17.8 Å². The molecule has 0 unspecified atom stereocenters. The van der Waals surface area contributed by atoms with Crippen molar-refractivity contribution in [1.29, 1.82) is 0 Å². The van der Waals surface area contributed by atoms with Gasteiger partial charge in [0.1, 0.15) is 19.0 Å². The zero-order valence-corrected chi connectivity index (χ0v) is 26.6. The normalized spacial score (nSPS) is 15.5. The lowest BCUT2D eigenvalue weighted by molar-refractivity contribution is -0.151. The molecule has 2 aromatic carbocycles. The van der Waals surface area contributed by atoms with Crippen LogP contribution in [0.3, 0.4) is 0 Å². The molecule has 244 valence electrons. The number of nitrogens with one attached hydrogen (secondary N) is 1. The van der Waals surface area contributed by atoms with E-state index >= 15 is 0 Å². The van der Waals surface area contributed by atoms with E-state index in [1.54, 1.807) is 0 Å². The highest BCUT2D eigenvalue weighted by atomic mass is 16.5. The lowest BCUT2D eigenvalue weighted by atomic mass is 9.89. The van der Waals surface area contributed by atoms with Crippen LogP contribution in [0.25, 0.3) is 0 Å². The Bertz CT molecular complexity index is 1240. The molecular formula is C35H46N2O8. The lowest BCUT2D eigenvalue weighted by Crippen LogP contribution is -2.47. The van der Waals surface area contributed by atoms with Gasteiger partial charge in [0.25, 0.3) is 0 Å². The van der Waals surface area contributed by atoms with E-state index in [1.165, 1.54) is 6.92 Å². The Kier molecular flexibility index (Phi) is 14.9. The number of benzene rings is 2. The SMILES string of the molecule is CC(=O)C[C@@H](COC(=O)CN1CCOCC1)C(=O)N[C@@H](CC(C)C)C(=O)C[C@@H](Cc1ccccc1)C(=O)OCc1ccccc1. The summed E-state index contributed by atoms with van der Waals surface area (Å²) in [4.78, 5) is 66.8. The van der Waals surface area contributed by atoms with E-state index < -0.39 is 35.7 Å². The molecular weight excluding hydrogens is 576 g/mol. The van der Waals surface area contributed by atoms with E-state index in [9.17, 15) is 24.0 Å². The van der Waals surface area contributed by atoms with Crippen LogP contribution in [0.5, 0.6) is 0 Å². The summed E-state index contributed by atoms with van der Waals surface area (Å²) in [5, 5.41) is 2.81. The quantitative estimate of drug-likeness (QED) is 0.248. The zero-order chi connectivity index (χ0) is 32.6. The molecule has 0 bridgehead atoms. The Labute approximate surface area is 265 Å². The molecule has 10 nitrogen and oxygen atoms in total. The molecule has 0 aromatic heterocycles. The van der Waals surface area contributed by atoms with Crippen molar-refractivity contribution in [3.63, 3.8) is 0 Å². The van der Waals surface area contributed by atoms with Crippen molar-refractivity contribution in [2.24, 2.45) is 17.8 Å². The molecule has 1 fully saturated rings. The van der Waals surface area contributed by atoms with Gasteiger partial charge in [0.2, 0.25) is 5.91 Å². The van der Waals surface area contributed by atoms with Crippen LogP contribution >= 0.6 is 0 Å². The molecule has 10 heteroatoms. The monoisotopic (exact) mass is 622 g/mol. The lowest BCUT2D eigenvalue weighted by Gasteiger charge is -2.26. The van der Waals surface area contributed by atoms with Crippen LogP contribution in [-0.2, 0) is 51.2 Å². The molecule has 45 heavy (non-hydrogen) atoms. The first-order chi connectivity index (χ1) is 21.6. The summed E-state index contributed by atoms with van der Waals surface area (Å²) < 4.78 is 16.3. The number of nitrogens with zero attached hydrogens (tertiary/aromatic N) is 1. The van der Waals surface area contributed by atoms with Crippen molar-refractivity contribution in [1.82, 2.24) is 10.2 Å². The van der Waals surface area contributed by atoms with E-state index in [1.807, 2.05) is 79.4 Å². The fourth-order valence-corrected chi connectivity index (χ4v) is 5.16. The second-order valence-corrected chi connectivity index (χ2v) is 12.0. The van der Waals surface area contributed by atoms with Crippen LogP contribution in [0.15, 0.2) is 60.7 Å². The largest absolute Gasteiger partial charge is 0.464 e. The number of hydrogen-bond donors (Lipinski definition) is 1. The summed E-state index contributed by atoms with van der Waals surface area (Å²) in [6, 6.07) is 17.8. The van der Waals surface area contributed by atoms with Gasteiger partial charge in [0, 0.05) is 25.9 Å². The number of Topliss-reactive ketones (excluding diaryl/α,β-unsaturated/α-hetero) is 2. The van der Waals surface area contributed by atoms with Gasteiger partial charge in [-0.1, -0.05) is 74.5 Å². The first kappa shape index (κ1) is 35.6. The summed E-state index contributed by atoms with van der Waals surface area (Å²) in [7, 11) is 0. The van der Waals surface area contributed by atoms with Gasteiger partial charge in [-0.25, -0.2) is 0 Å². The van der Waals surface area contributed by atoms with Gasteiger partial charge in [0.05, 0.1) is 37.6 Å². The average molecular weight is 623 g/mol. The van der Waals surface area contributed by atoms with Gasteiger partial charge in [-0.3, -0.25) is 24.1 Å². The molecule has 1 saturated heterocycles. The number of ether oxygens (including phenoxy) is 3. The molecule has 0 aliphatic carbocycles. The summed E-state index contributed by atoms with van der Waals surface area (Å²) in [6.07, 6.45) is 0.369. The number of carbonyl (C=O) groups excluding carboxylic acids is 5. The number of carbonyl (C=O) groups is 5. The predicted octanol–water partition coefficient (Wildman–Crippen LogP) is 3.55. The molecule has 0 spiro atoms. The smallest absolute Gasteiger partial charge is 0.320 e. The first-order valence-electron chi connectivity index (χ1n) is 15.6. The molecule has 3 rings (SSSR count). The Morgan fingerprint density at radius 3 is 2.07 bits per heavy atom. The predicted molar refractivity (Wildman–Crippen MR) is 168 cm³/mol. The summed E-state index contributed by atoms with van der Waals surface area (Å²) in [5.74, 6) is -3.74. The fourth-order valence-electron chi connectivity index (χ4n) is 5.16. The maximum atomic E-state index is 13.7. The minimum absolute atomic E-state index is 0.0504. The third-order valence-corrected chi connectivity index (χ3v) is 7.55. The van der Waals surface area contributed by atoms with Crippen LogP contribution in [0.2, 0.25) is 0 Å². The van der Waals surface area contributed by atoms with Gasteiger partial charge >= 0.3 is 11.9 Å². The molecule has 3 atom stereocenters. The van der Waals surface area contributed by atoms with Gasteiger partial charge in [-0.05, 0) is 36.8 Å². The molecule has 1 N–H and O–H groups in total. The second-order valence-electron chi connectivity index (χ2n) is 12.0. The Morgan fingerprint density at radius 1 is 0.844 bits per heavy atom. The maximum absolute atomic E-state index is 13.7. The van der Waals surface area contributed by atoms with Crippen LogP contribution in [-0.4, -0.2) is 79.8 Å². The molecule has 1 heterocycles. The van der Waals surface area contributed by atoms with Gasteiger partial charge in [0.15, 0.2) is 5.78 Å². The standard InChI is InChI=1S/C35H46N2O8/c1-25(2)18-31(36-34(41)30(19-26(3)38)24-44-33(40)22-37-14-16-43-17-15-37)32(39)21-29(20-27-10-6-4-7-11-27)35(42)45-23-28-12-8-5-9-13-28/h4-13,25,29-31H,14-24H2,1-3H3,(H,36,41)/t29-,30+,31+/m1/s1. The molecule has 1 aliphatic rings. The van der Waals surface area contributed by atoms with Crippen molar-refractivity contribution in [3.8, 4) is 0 Å². The van der Waals surface area contributed by atoms with Crippen LogP contribution in [0.1, 0.15) is 51.2 Å². The third-order valence-electron chi connectivity index (χ3n) is 7.55. The minimum atomic E-state index is -0.949. The van der Waals surface area contributed by atoms with Gasteiger partial charge in [-0.15, -0.1) is 0 Å². The fraction of sp³-hybridized carbons (Fsp3) is 0.514. The topological polar surface area (TPSA) is 128 Å². The number of rotatable bonds is 18. The van der Waals surface area contributed by atoms with Crippen molar-refractivity contribution in [3.05, 3.63) is 71.8 Å². The van der Waals surface area contributed by atoms with Crippen molar-refractivity contribution >= 4 is 29.4 Å². The van der Waals surface area contributed by atoms with Crippen molar-refractivity contribution in [2.45, 2.75) is 59.1 Å². The van der Waals surface area contributed by atoms with Gasteiger partial charge in [-0.2, -0.15) is 0 Å². The third kappa shape index (κ3) is 13.3. The summed E-state index contributed by atoms with van der Waals surface area (Å²) in [5.41, 5.74) is 1.72. The minimum Gasteiger partial charge on any atom is -0.464 e. The molecule has 1 amide bonds. The van der Waals surface area contributed by atoms with E-state index in [2.05, 4.69) is 5.32 Å². The number of morpholine rings is 1. The number of ketones is 2. The van der Waals surface area contributed by atoms with E-state index in [-0.39, 0.29) is 50.1 Å². The highest BCUT2D eigenvalue weighted by Crippen LogP contribution is 2.20. The highest BCUT2D eigenvalue weighted by molar-refractivity contribution is 5.93. The molecule has 0 saturated carbocycles. The zero-order valence-electron chi connectivity index (χ0n) is 26.6. The van der Waals surface area contributed by atoms with Crippen molar-refractivity contribution < 1.29 is 38.2 Å². The Hall–Kier alpha value is -3.89. The number of hydrogen-bond acceptors (Lipinski definition) is 9. The van der Waals surface area contributed by atoms with Crippen molar-refractivity contribution in [2.75, 3.05) is 39.5 Å². The maximum Gasteiger partial charge on any atom is 0.320 e. The number of esters is 2. The van der Waals surface area contributed by atoms with E-state index in [4.69, 9.17) is 14.2 Å². The van der Waals surface area contributed by atoms with Gasteiger partial charge < -0.3 is 24.3 Å². The Morgan fingerprint density at radius 2 is 1.47 bits per heavy atom. The molecule has 0 radical (unpaired) electrons. The van der Waals surface area contributed by atoms with E-state index in [0.29, 0.717) is 39.1 Å².